The van der Waals surface area contributed by atoms with E-state index in [-0.39, 0.29) is 0 Å². The molecule has 7 heteroatoms. The predicted molar refractivity (Wildman–Crippen MR) is 121 cm³/mol. The molecule has 0 radical (unpaired) electrons. The summed E-state index contributed by atoms with van der Waals surface area (Å²) in [6.45, 7) is 4.20. The van der Waals surface area contributed by atoms with Crippen molar-refractivity contribution in [3.05, 3.63) is 53.6 Å². The van der Waals surface area contributed by atoms with Gasteiger partial charge in [-0.2, -0.15) is 0 Å². The second-order valence-electron chi connectivity index (χ2n) is 7.10. The molecule has 0 unspecified atom stereocenters. The van der Waals surface area contributed by atoms with Crippen molar-refractivity contribution in [1.82, 2.24) is 9.88 Å². The third-order valence-corrected chi connectivity index (χ3v) is 6.08. The van der Waals surface area contributed by atoms with E-state index in [0.29, 0.717) is 12.4 Å². The molecule has 0 saturated carbocycles. The number of ether oxygens (including phenoxy) is 3. The summed E-state index contributed by atoms with van der Waals surface area (Å²) in [5.41, 5.74) is 4.19. The largest absolute Gasteiger partial charge is 0.497 e. The highest BCUT2D eigenvalue weighted by Crippen LogP contribution is 2.37. The SMILES string of the molecule is COCCN1Cc2cc3cc(C)ccc3nc2SC1=Nc1ccc(OC)cc1OC. The van der Waals surface area contributed by atoms with Gasteiger partial charge in [0.1, 0.15) is 22.2 Å². The van der Waals surface area contributed by atoms with Crippen LogP contribution in [0.15, 0.2) is 52.5 Å². The molecule has 0 bridgehead atoms. The third kappa shape index (κ3) is 4.22. The first kappa shape index (κ1) is 20.5. The lowest BCUT2D eigenvalue weighted by Gasteiger charge is -2.30. The van der Waals surface area contributed by atoms with Crippen LogP contribution in [0.1, 0.15) is 11.1 Å². The summed E-state index contributed by atoms with van der Waals surface area (Å²) >= 11 is 1.58. The summed E-state index contributed by atoms with van der Waals surface area (Å²) in [7, 11) is 4.99. The molecule has 2 heterocycles. The molecule has 0 atom stereocenters. The summed E-state index contributed by atoms with van der Waals surface area (Å²) in [6.07, 6.45) is 0. The standard InChI is InChI=1S/C23H25N3O3S/c1-15-5-7-19-16(11-15)12-17-14-26(9-10-27-2)23(30-22(17)24-19)25-20-8-6-18(28-3)13-21(20)29-4/h5-8,11-13H,9-10,14H2,1-4H3. The molecule has 156 valence electrons. The van der Waals surface area contributed by atoms with Gasteiger partial charge in [-0.1, -0.05) is 11.6 Å². The second-order valence-corrected chi connectivity index (χ2v) is 8.05. The average Bonchev–Trinajstić information content (AvgIpc) is 2.76. The topological polar surface area (TPSA) is 56.2 Å². The van der Waals surface area contributed by atoms with Gasteiger partial charge >= 0.3 is 0 Å². The Bertz CT molecular complexity index is 1100. The Balaban J connectivity index is 1.75. The number of aryl methyl sites for hydroxylation is 1. The number of pyridine rings is 1. The van der Waals surface area contributed by atoms with E-state index in [2.05, 4.69) is 36.1 Å². The second kappa shape index (κ2) is 8.93. The maximum Gasteiger partial charge on any atom is 0.171 e. The van der Waals surface area contributed by atoms with Gasteiger partial charge in [-0.3, -0.25) is 0 Å². The van der Waals surface area contributed by atoms with Crippen LogP contribution in [0.3, 0.4) is 0 Å². The van der Waals surface area contributed by atoms with Crippen molar-refractivity contribution in [2.45, 2.75) is 18.5 Å². The summed E-state index contributed by atoms with van der Waals surface area (Å²) < 4.78 is 16.2. The Kier molecular flexibility index (Phi) is 6.11. The van der Waals surface area contributed by atoms with Crippen molar-refractivity contribution in [1.29, 1.82) is 0 Å². The number of benzene rings is 2. The Morgan fingerprint density at radius 1 is 1.07 bits per heavy atom. The summed E-state index contributed by atoms with van der Waals surface area (Å²) in [5.74, 6) is 1.40. The first-order chi connectivity index (χ1) is 14.6. The molecule has 4 rings (SSSR count). The van der Waals surface area contributed by atoms with Gasteiger partial charge < -0.3 is 19.1 Å². The van der Waals surface area contributed by atoms with Crippen LogP contribution in [-0.4, -0.2) is 49.5 Å². The summed E-state index contributed by atoms with van der Waals surface area (Å²) in [5, 5.41) is 3.03. The Morgan fingerprint density at radius 3 is 2.70 bits per heavy atom. The molecule has 0 N–H and O–H groups in total. The molecule has 1 aliphatic rings. The van der Waals surface area contributed by atoms with Crippen LogP contribution in [0.5, 0.6) is 11.5 Å². The minimum absolute atomic E-state index is 0.620. The molecule has 0 fully saturated rings. The van der Waals surface area contributed by atoms with Crippen molar-refractivity contribution in [2.24, 2.45) is 4.99 Å². The highest BCUT2D eigenvalue weighted by atomic mass is 32.2. The van der Waals surface area contributed by atoms with Crippen molar-refractivity contribution in [3.63, 3.8) is 0 Å². The first-order valence-electron chi connectivity index (χ1n) is 9.74. The molecule has 0 amide bonds. The molecule has 30 heavy (non-hydrogen) atoms. The maximum absolute atomic E-state index is 5.53. The quantitative estimate of drug-likeness (QED) is 0.568. The van der Waals surface area contributed by atoms with Gasteiger partial charge in [0.15, 0.2) is 5.17 Å². The van der Waals surface area contributed by atoms with Crippen LogP contribution >= 0.6 is 11.8 Å². The number of rotatable bonds is 6. The number of fused-ring (bicyclic) bond motifs is 2. The van der Waals surface area contributed by atoms with Crippen LogP contribution in [0.25, 0.3) is 10.9 Å². The van der Waals surface area contributed by atoms with E-state index < -0.39 is 0 Å². The average molecular weight is 424 g/mol. The van der Waals surface area contributed by atoms with E-state index in [1.54, 1.807) is 33.1 Å². The molecule has 0 spiro atoms. The van der Waals surface area contributed by atoms with Gasteiger partial charge in [-0.15, -0.1) is 0 Å². The minimum atomic E-state index is 0.620. The highest BCUT2D eigenvalue weighted by molar-refractivity contribution is 8.13. The zero-order valence-corrected chi connectivity index (χ0v) is 18.5. The fourth-order valence-corrected chi connectivity index (χ4v) is 4.40. The Hall–Kier alpha value is -2.77. The van der Waals surface area contributed by atoms with Gasteiger partial charge in [0.2, 0.25) is 0 Å². The van der Waals surface area contributed by atoms with E-state index in [1.807, 2.05) is 18.2 Å². The first-order valence-corrected chi connectivity index (χ1v) is 10.6. The molecular formula is C23H25N3O3S. The molecule has 1 aromatic heterocycles. The number of hydrogen-bond donors (Lipinski definition) is 0. The zero-order valence-electron chi connectivity index (χ0n) is 17.6. The molecule has 0 aliphatic carbocycles. The van der Waals surface area contributed by atoms with Crippen molar-refractivity contribution < 1.29 is 14.2 Å². The van der Waals surface area contributed by atoms with Crippen LogP contribution in [-0.2, 0) is 11.3 Å². The number of amidine groups is 1. The normalized spacial score (nSPS) is 14.8. The van der Waals surface area contributed by atoms with E-state index in [4.69, 9.17) is 24.2 Å². The number of methoxy groups -OCH3 is 3. The van der Waals surface area contributed by atoms with Gasteiger partial charge in [0, 0.05) is 37.2 Å². The van der Waals surface area contributed by atoms with Crippen molar-refractivity contribution >= 4 is 33.5 Å². The minimum Gasteiger partial charge on any atom is -0.497 e. The maximum atomic E-state index is 5.53. The smallest absolute Gasteiger partial charge is 0.171 e. The zero-order chi connectivity index (χ0) is 21.1. The lowest BCUT2D eigenvalue weighted by molar-refractivity contribution is 0.174. The van der Waals surface area contributed by atoms with E-state index in [9.17, 15) is 0 Å². The van der Waals surface area contributed by atoms with Gasteiger partial charge in [0.05, 0.1) is 26.3 Å². The van der Waals surface area contributed by atoms with Gasteiger partial charge in [-0.05, 0) is 49.0 Å². The number of nitrogens with zero attached hydrogens (tertiary/aromatic N) is 3. The fourth-order valence-electron chi connectivity index (χ4n) is 3.40. The molecule has 0 saturated heterocycles. The lowest BCUT2D eigenvalue weighted by Crippen LogP contribution is -2.34. The van der Waals surface area contributed by atoms with Crippen LogP contribution in [0.4, 0.5) is 5.69 Å². The summed E-state index contributed by atoms with van der Waals surface area (Å²) in [4.78, 5) is 12.1. The van der Waals surface area contributed by atoms with Gasteiger partial charge in [0.25, 0.3) is 0 Å². The highest BCUT2D eigenvalue weighted by Gasteiger charge is 2.24. The van der Waals surface area contributed by atoms with Crippen LogP contribution in [0, 0.1) is 6.92 Å². The Morgan fingerprint density at radius 2 is 1.93 bits per heavy atom. The van der Waals surface area contributed by atoms with E-state index in [1.165, 1.54) is 16.5 Å². The monoisotopic (exact) mass is 423 g/mol. The molecule has 3 aromatic rings. The molecule has 2 aromatic carbocycles. The molecule has 1 aliphatic heterocycles. The Labute approximate surface area is 180 Å². The van der Waals surface area contributed by atoms with Crippen LogP contribution in [0.2, 0.25) is 0 Å². The van der Waals surface area contributed by atoms with Crippen molar-refractivity contribution in [3.8, 4) is 11.5 Å². The molecular weight excluding hydrogens is 398 g/mol. The number of hydrogen-bond acceptors (Lipinski definition) is 6. The molecule has 6 nitrogen and oxygen atoms in total. The number of aromatic nitrogens is 1. The van der Waals surface area contributed by atoms with Gasteiger partial charge in [-0.25, -0.2) is 9.98 Å². The number of aliphatic imine (C=N–C) groups is 1. The van der Waals surface area contributed by atoms with Crippen molar-refractivity contribution in [2.75, 3.05) is 34.5 Å². The number of thioether (sulfide) groups is 1. The van der Waals surface area contributed by atoms with Crippen LogP contribution < -0.4 is 9.47 Å². The van der Waals surface area contributed by atoms with E-state index >= 15 is 0 Å². The van der Waals surface area contributed by atoms with E-state index in [0.717, 1.165) is 40.2 Å². The fraction of sp³-hybridized carbons (Fsp3) is 0.304. The summed E-state index contributed by atoms with van der Waals surface area (Å²) in [6, 6.07) is 14.2. The lowest BCUT2D eigenvalue weighted by atomic mass is 10.1. The predicted octanol–water partition coefficient (Wildman–Crippen LogP) is 4.80. The third-order valence-electron chi connectivity index (χ3n) is 5.00.